The average Bonchev–Trinajstić information content (AvgIpc) is 2.19. The molecule has 0 aliphatic rings. The van der Waals surface area contributed by atoms with Crippen LogP contribution in [0.25, 0.3) is 0 Å². The number of aliphatic hydroxyl groups excluding tert-OH is 1. The van der Waals surface area contributed by atoms with Crippen molar-refractivity contribution < 1.29 is 5.11 Å². The highest BCUT2D eigenvalue weighted by Gasteiger charge is 2.05. The number of anilines is 1. The van der Waals surface area contributed by atoms with Crippen LogP contribution < -0.4 is 5.32 Å². The lowest BCUT2D eigenvalue weighted by atomic mass is 10.2. The first-order valence-electron chi connectivity index (χ1n) is 5.32. The summed E-state index contributed by atoms with van der Waals surface area (Å²) >= 11 is 3.46. The maximum Gasteiger partial charge on any atom is 0.0838 e. The minimum atomic E-state index is -0.348. The second-order valence-corrected chi connectivity index (χ2v) is 5.12. The minimum absolute atomic E-state index is 0.348. The fraction of sp³-hybridized carbons (Fsp3) is 0.500. The molecular formula is C12H19BrN2O. The molecule has 1 aromatic rings. The molecule has 0 heterocycles. The number of halogens is 1. The van der Waals surface area contributed by atoms with E-state index in [0.29, 0.717) is 13.1 Å². The first-order chi connectivity index (χ1) is 7.49. The van der Waals surface area contributed by atoms with Crippen LogP contribution in [-0.4, -0.2) is 43.3 Å². The number of hydrogen-bond donors (Lipinski definition) is 2. The molecule has 0 saturated carbocycles. The summed E-state index contributed by atoms with van der Waals surface area (Å²) in [6.07, 6.45) is -0.348. The molecule has 0 bridgehead atoms. The highest BCUT2D eigenvalue weighted by atomic mass is 79.9. The molecule has 3 nitrogen and oxygen atoms in total. The molecule has 0 spiro atoms. The van der Waals surface area contributed by atoms with E-state index < -0.39 is 0 Å². The first kappa shape index (κ1) is 13.5. The van der Waals surface area contributed by atoms with Gasteiger partial charge in [0, 0.05) is 23.2 Å². The maximum absolute atomic E-state index is 9.69. The molecule has 0 amide bonds. The van der Waals surface area contributed by atoms with Gasteiger partial charge in [-0.3, -0.25) is 0 Å². The van der Waals surface area contributed by atoms with E-state index in [-0.39, 0.29) is 6.10 Å². The van der Waals surface area contributed by atoms with E-state index in [4.69, 9.17) is 0 Å². The summed E-state index contributed by atoms with van der Waals surface area (Å²) in [6.45, 7) is 3.28. The predicted molar refractivity (Wildman–Crippen MR) is 71.9 cm³/mol. The summed E-state index contributed by atoms with van der Waals surface area (Å²) in [5.74, 6) is 0. The molecule has 1 aromatic carbocycles. The van der Waals surface area contributed by atoms with Crippen LogP contribution in [0.1, 0.15) is 5.56 Å². The van der Waals surface area contributed by atoms with Gasteiger partial charge in [-0.2, -0.15) is 0 Å². The molecule has 0 fully saturated rings. The Morgan fingerprint density at radius 3 is 2.69 bits per heavy atom. The zero-order valence-corrected chi connectivity index (χ0v) is 11.6. The normalized spacial score (nSPS) is 12.9. The number of aliphatic hydroxyl groups is 1. The standard InChI is InChI=1S/C12H19BrN2O/c1-9-6-10(4-5-12(9)13)14-7-11(16)8-15(2)3/h4-6,11,14,16H,7-8H2,1-3H3. The molecule has 2 N–H and O–H groups in total. The van der Waals surface area contributed by atoms with Gasteiger partial charge < -0.3 is 15.3 Å². The molecule has 16 heavy (non-hydrogen) atoms. The summed E-state index contributed by atoms with van der Waals surface area (Å²) in [7, 11) is 3.90. The summed E-state index contributed by atoms with van der Waals surface area (Å²) in [5, 5.41) is 12.9. The van der Waals surface area contributed by atoms with Crippen LogP contribution in [0.4, 0.5) is 5.69 Å². The van der Waals surface area contributed by atoms with Crippen molar-refractivity contribution in [3.8, 4) is 0 Å². The van der Waals surface area contributed by atoms with Crippen LogP contribution in [-0.2, 0) is 0 Å². The maximum atomic E-state index is 9.69. The second kappa shape index (κ2) is 6.23. The van der Waals surface area contributed by atoms with Crippen LogP contribution in [0.3, 0.4) is 0 Å². The van der Waals surface area contributed by atoms with Gasteiger partial charge in [0.1, 0.15) is 0 Å². The van der Waals surface area contributed by atoms with Crippen molar-refractivity contribution >= 4 is 21.6 Å². The smallest absolute Gasteiger partial charge is 0.0838 e. The van der Waals surface area contributed by atoms with Gasteiger partial charge in [-0.25, -0.2) is 0 Å². The Labute approximate surface area is 106 Å². The second-order valence-electron chi connectivity index (χ2n) is 4.26. The quantitative estimate of drug-likeness (QED) is 0.870. The number of rotatable bonds is 5. The van der Waals surface area contributed by atoms with Crippen molar-refractivity contribution in [1.82, 2.24) is 4.90 Å². The summed E-state index contributed by atoms with van der Waals surface area (Å²) < 4.78 is 1.10. The lowest BCUT2D eigenvalue weighted by Gasteiger charge is -2.17. The van der Waals surface area contributed by atoms with Gasteiger partial charge in [-0.15, -0.1) is 0 Å². The lowest BCUT2D eigenvalue weighted by Crippen LogP contribution is -2.31. The number of nitrogens with zero attached hydrogens (tertiary/aromatic N) is 1. The monoisotopic (exact) mass is 286 g/mol. The third-order valence-corrected chi connectivity index (χ3v) is 3.17. The SMILES string of the molecule is Cc1cc(NCC(O)CN(C)C)ccc1Br. The van der Waals surface area contributed by atoms with E-state index in [1.165, 1.54) is 5.56 Å². The summed E-state index contributed by atoms with van der Waals surface area (Å²) in [5.41, 5.74) is 2.23. The third-order valence-electron chi connectivity index (χ3n) is 2.28. The van der Waals surface area contributed by atoms with Crippen molar-refractivity contribution in [2.75, 3.05) is 32.5 Å². The molecule has 0 aromatic heterocycles. The van der Waals surface area contributed by atoms with Gasteiger partial charge in [0.25, 0.3) is 0 Å². The molecule has 4 heteroatoms. The topological polar surface area (TPSA) is 35.5 Å². The van der Waals surface area contributed by atoms with Gasteiger partial charge in [-0.05, 0) is 44.8 Å². The van der Waals surface area contributed by atoms with Gasteiger partial charge >= 0.3 is 0 Å². The molecule has 1 unspecified atom stereocenters. The first-order valence-corrected chi connectivity index (χ1v) is 6.11. The number of aryl methyl sites for hydroxylation is 1. The van der Waals surface area contributed by atoms with E-state index in [2.05, 4.69) is 27.3 Å². The highest BCUT2D eigenvalue weighted by Crippen LogP contribution is 2.19. The minimum Gasteiger partial charge on any atom is -0.390 e. The van der Waals surface area contributed by atoms with Crippen molar-refractivity contribution in [3.05, 3.63) is 28.2 Å². The third kappa shape index (κ3) is 4.51. The number of nitrogens with one attached hydrogen (secondary N) is 1. The van der Waals surface area contributed by atoms with Crippen molar-refractivity contribution in [1.29, 1.82) is 0 Å². The van der Waals surface area contributed by atoms with Gasteiger partial charge in [-0.1, -0.05) is 15.9 Å². The van der Waals surface area contributed by atoms with Crippen molar-refractivity contribution in [2.45, 2.75) is 13.0 Å². The van der Waals surface area contributed by atoms with Crippen LogP contribution in [0.2, 0.25) is 0 Å². The van der Waals surface area contributed by atoms with E-state index in [0.717, 1.165) is 10.2 Å². The Kier molecular flexibility index (Phi) is 5.25. The van der Waals surface area contributed by atoms with Crippen LogP contribution >= 0.6 is 15.9 Å². The number of likely N-dealkylation sites (N-methyl/N-ethyl adjacent to an activating group) is 1. The lowest BCUT2D eigenvalue weighted by molar-refractivity contribution is 0.148. The van der Waals surface area contributed by atoms with E-state index in [1.807, 2.05) is 38.1 Å². The van der Waals surface area contributed by atoms with Crippen molar-refractivity contribution in [3.63, 3.8) is 0 Å². The Hall–Kier alpha value is -0.580. The van der Waals surface area contributed by atoms with Gasteiger partial charge in [0.2, 0.25) is 0 Å². The van der Waals surface area contributed by atoms with Gasteiger partial charge in [0.05, 0.1) is 6.10 Å². The zero-order chi connectivity index (χ0) is 12.1. The molecule has 0 saturated heterocycles. The zero-order valence-electron chi connectivity index (χ0n) is 10.00. The molecule has 1 atom stereocenters. The number of benzene rings is 1. The van der Waals surface area contributed by atoms with Crippen LogP contribution in [0.5, 0.6) is 0 Å². The molecular weight excluding hydrogens is 268 g/mol. The Morgan fingerprint density at radius 1 is 1.44 bits per heavy atom. The molecule has 1 rings (SSSR count). The van der Waals surface area contributed by atoms with Crippen LogP contribution in [0, 0.1) is 6.92 Å². The predicted octanol–water partition coefficient (Wildman–Crippen LogP) is 2.09. The molecule has 0 aliphatic heterocycles. The van der Waals surface area contributed by atoms with E-state index in [9.17, 15) is 5.11 Å². The van der Waals surface area contributed by atoms with E-state index in [1.54, 1.807) is 0 Å². The van der Waals surface area contributed by atoms with Crippen LogP contribution in [0.15, 0.2) is 22.7 Å². The van der Waals surface area contributed by atoms with Gasteiger partial charge in [0.15, 0.2) is 0 Å². The fourth-order valence-electron chi connectivity index (χ4n) is 1.48. The summed E-state index contributed by atoms with van der Waals surface area (Å²) in [4.78, 5) is 1.97. The largest absolute Gasteiger partial charge is 0.390 e. The van der Waals surface area contributed by atoms with E-state index >= 15 is 0 Å². The highest BCUT2D eigenvalue weighted by molar-refractivity contribution is 9.10. The molecule has 0 aliphatic carbocycles. The molecule has 90 valence electrons. The van der Waals surface area contributed by atoms with Crippen molar-refractivity contribution in [2.24, 2.45) is 0 Å². The Balaban J connectivity index is 2.45. The Morgan fingerprint density at radius 2 is 2.12 bits per heavy atom. The fourth-order valence-corrected chi connectivity index (χ4v) is 1.72. The number of hydrogen-bond acceptors (Lipinski definition) is 3. The molecule has 0 radical (unpaired) electrons. The Bertz CT molecular complexity index is 342. The average molecular weight is 287 g/mol. The summed E-state index contributed by atoms with van der Waals surface area (Å²) in [6, 6.07) is 6.07.